The molecule has 1 aromatic heterocycles. The van der Waals surface area contributed by atoms with E-state index in [4.69, 9.17) is 17.3 Å². The maximum atomic E-state index is 6.02. The molecule has 0 fully saturated rings. The minimum atomic E-state index is 0.388. The number of nitrogens with two attached hydrogens (primary N) is 1. The predicted octanol–water partition coefficient (Wildman–Crippen LogP) is 1.69. The van der Waals surface area contributed by atoms with Crippen LogP contribution in [0.5, 0.6) is 0 Å². The molecule has 0 bridgehead atoms. The van der Waals surface area contributed by atoms with E-state index < -0.39 is 0 Å². The second-order valence-electron chi connectivity index (χ2n) is 3.29. The van der Waals surface area contributed by atoms with Gasteiger partial charge in [-0.05, 0) is 24.6 Å². The standard InChI is InChI=1S/C10H11ClN4/c1-7-2-3-9(4-10(7)11)15-6-8(5-12)13-14-15/h2-4,6H,5,12H2,1H3. The molecule has 0 unspecified atom stereocenters. The molecule has 15 heavy (non-hydrogen) atoms. The zero-order valence-corrected chi connectivity index (χ0v) is 9.07. The summed E-state index contributed by atoms with van der Waals surface area (Å²) < 4.78 is 1.66. The summed E-state index contributed by atoms with van der Waals surface area (Å²) in [6, 6.07) is 5.74. The molecule has 0 aliphatic heterocycles. The fourth-order valence-electron chi connectivity index (χ4n) is 1.24. The molecule has 1 heterocycles. The van der Waals surface area contributed by atoms with Gasteiger partial charge in [0.2, 0.25) is 0 Å². The zero-order chi connectivity index (χ0) is 10.8. The summed E-state index contributed by atoms with van der Waals surface area (Å²) in [6.07, 6.45) is 1.79. The van der Waals surface area contributed by atoms with Gasteiger partial charge in [0.05, 0.1) is 17.6 Å². The summed E-state index contributed by atoms with van der Waals surface area (Å²) in [4.78, 5) is 0. The van der Waals surface area contributed by atoms with Crippen molar-refractivity contribution in [2.75, 3.05) is 0 Å². The van der Waals surface area contributed by atoms with Gasteiger partial charge in [0.25, 0.3) is 0 Å². The van der Waals surface area contributed by atoms with E-state index in [0.717, 1.165) is 22.0 Å². The van der Waals surface area contributed by atoms with Gasteiger partial charge < -0.3 is 5.73 Å². The molecular formula is C10H11ClN4. The number of nitrogens with zero attached hydrogens (tertiary/aromatic N) is 3. The van der Waals surface area contributed by atoms with Crippen LogP contribution in [0.4, 0.5) is 0 Å². The van der Waals surface area contributed by atoms with Crippen molar-refractivity contribution in [3.63, 3.8) is 0 Å². The Bertz CT molecular complexity index is 478. The molecular weight excluding hydrogens is 212 g/mol. The lowest BCUT2D eigenvalue weighted by molar-refractivity contribution is 0.796. The van der Waals surface area contributed by atoms with Gasteiger partial charge in [-0.3, -0.25) is 0 Å². The first kappa shape index (κ1) is 10.1. The largest absolute Gasteiger partial charge is 0.325 e. The number of aryl methyl sites for hydroxylation is 1. The highest BCUT2D eigenvalue weighted by atomic mass is 35.5. The molecule has 0 radical (unpaired) electrons. The van der Waals surface area contributed by atoms with E-state index in [1.165, 1.54) is 0 Å². The van der Waals surface area contributed by atoms with E-state index in [0.29, 0.717) is 6.54 Å². The Hall–Kier alpha value is -1.39. The van der Waals surface area contributed by atoms with E-state index in [1.54, 1.807) is 10.9 Å². The summed E-state index contributed by atoms with van der Waals surface area (Å²) >= 11 is 6.02. The Kier molecular flexibility index (Phi) is 2.70. The predicted molar refractivity (Wildman–Crippen MR) is 59.0 cm³/mol. The lowest BCUT2D eigenvalue weighted by Gasteiger charge is -2.02. The SMILES string of the molecule is Cc1ccc(-n2cc(CN)nn2)cc1Cl. The minimum Gasteiger partial charge on any atom is -0.325 e. The minimum absolute atomic E-state index is 0.388. The van der Waals surface area contributed by atoms with Gasteiger partial charge in [-0.25, -0.2) is 4.68 Å². The van der Waals surface area contributed by atoms with Crippen LogP contribution >= 0.6 is 11.6 Å². The van der Waals surface area contributed by atoms with E-state index >= 15 is 0 Å². The molecule has 1 aromatic carbocycles. The maximum Gasteiger partial charge on any atom is 0.0967 e. The maximum absolute atomic E-state index is 6.02. The lowest BCUT2D eigenvalue weighted by atomic mass is 10.2. The van der Waals surface area contributed by atoms with E-state index in [-0.39, 0.29) is 0 Å². The summed E-state index contributed by atoms with van der Waals surface area (Å²) in [6.45, 7) is 2.35. The van der Waals surface area contributed by atoms with Crippen LogP contribution in [0.15, 0.2) is 24.4 Å². The molecule has 2 rings (SSSR count). The van der Waals surface area contributed by atoms with Crippen LogP contribution in [0.1, 0.15) is 11.3 Å². The first-order valence-corrected chi connectivity index (χ1v) is 4.96. The van der Waals surface area contributed by atoms with Gasteiger partial charge >= 0.3 is 0 Å². The van der Waals surface area contributed by atoms with Gasteiger partial charge in [-0.15, -0.1) is 5.10 Å². The molecule has 78 valence electrons. The van der Waals surface area contributed by atoms with Crippen molar-refractivity contribution in [2.45, 2.75) is 13.5 Å². The van der Waals surface area contributed by atoms with Crippen molar-refractivity contribution < 1.29 is 0 Å². The number of hydrogen-bond donors (Lipinski definition) is 1. The van der Waals surface area contributed by atoms with E-state index in [9.17, 15) is 0 Å². The van der Waals surface area contributed by atoms with E-state index in [1.807, 2.05) is 25.1 Å². The number of hydrogen-bond acceptors (Lipinski definition) is 3. The van der Waals surface area contributed by atoms with Gasteiger partial charge in [-0.2, -0.15) is 0 Å². The Morgan fingerprint density at radius 3 is 2.87 bits per heavy atom. The third kappa shape index (κ3) is 2.00. The fourth-order valence-corrected chi connectivity index (χ4v) is 1.42. The Balaban J connectivity index is 2.40. The molecule has 0 atom stereocenters. The number of halogens is 1. The van der Waals surface area contributed by atoms with Crippen LogP contribution in [0, 0.1) is 6.92 Å². The summed E-state index contributed by atoms with van der Waals surface area (Å²) in [5.41, 5.74) is 8.14. The normalized spacial score (nSPS) is 10.6. The van der Waals surface area contributed by atoms with Crippen molar-refractivity contribution >= 4 is 11.6 Å². The molecule has 0 saturated heterocycles. The van der Waals surface area contributed by atoms with Crippen LogP contribution in [0.3, 0.4) is 0 Å². The second kappa shape index (κ2) is 4.00. The molecule has 0 spiro atoms. The Morgan fingerprint density at radius 2 is 2.27 bits per heavy atom. The first-order chi connectivity index (χ1) is 7.20. The number of rotatable bonds is 2. The van der Waals surface area contributed by atoms with Gasteiger partial charge in [-0.1, -0.05) is 22.9 Å². The quantitative estimate of drug-likeness (QED) is 0.841. The topological polar surface area (TPSA) is 56.7 Å². The van der Waals surface area contributed by atoms with Gasteiger partial charge in [0, 0.05) is 11.6 Å². The molecule has 2 N–H and O–H groups in total. The molecule has 4 nitrogen and oxygen atoms in total. The molecule has 2 aromatic rings. The van der Waals surface area contributed by atoms with Crippen LogP contribution < -0.4 is 5.73 Å². The Morgan fingerprint density at radius 1 is 1.47 bits per heavy atom. The van der Waals surface area contributed by atoms with Crippen molar-refractivity contribution in [2.24, 2.45) is 5.73 Å². The monoisotopic (exact) mass is 222 g/mol. The summed E-state index contributed by atoms with van der Waals surface area (Å²) in [5, 5.41) is 8.58. The van der Waals surface area contributed by atoms with Crippen molar-refractivity contribution in [1.29, 1.82) is 0 Å². The van der Waals surface area contributed by atoms with Crippen molar-refractivity contribution in [3.8, 4) is 5.69 Å². The average molecular weight is 223 g/mol. The number of aromatic nitrogens is 3. The van der Waals surface area contributed by atoms with Crippen LogP contribution in [0.25, 0.3) is 5.69 Å². The van der Waals surface area contributed by atoms with E-state index in [2.05, 4.69) is 10.3 Å². The summed E-state index contributed by atoms with van der Waals surface area (Å²) in [5.74, 6) is 0. The fraction of sp³-hybridized carbons (Fsp3) is 0.200. The molecule has 0 amide bonds. The van der Waals surface area contributed by atoms with Crippen LogP contribution in [-0.4, -0.2) is 15.0 Å². The first-order valence-electron chi connectivity index (χ1n) is 4.58. The smallest absolute Gasteiger partial charge is 0.0967 e. The second-order valence-corrected chi connectivity index (χ2v) is 3.70. The molecule has 0 saturated carbocycles. The Labute approximate surface area is 92.7 Å². The third-order valence-corrected chi connectivity index (χ3v) is 2.58. The highest BCUT2D eigenvalue weighted by Gasteiger charge is 2.03. The third-order valence-electron chi connectivity index (χ3n) is 2.17. The van der Waals surface area contributed by atoms with Gasteiger partial charge in [0.15, 0.2) is 0 Å². The van der Waals surface area contributed by atoms with Gasteiger partial charge in [0.1, 0.15) is 0 Å². The number of benzene rings is 1. The molecule has 0 aliphatic rings. The lowest BCUT2D eigenvalue weighted by Crippen LogP contribution is -1.96. The van der Waals surface area contributed by atoms with Crippen molar-refractivity contribution in [1.82, 2.24) is 15.0 Å². The van der Waals surface area contributed by atoms with Crippen molar-refractivity contribution in [3.05, 3.63) is 40.7 Å². The molecule has 0 aliphatic carbocycles. The van der Waals surface area contributed by atoms with Crippen LogP contribution in [0.2, 0.25) is 5.02 Å². The average Bonchev–Trinajstić information content (AvgIpc) is 2.70. The highest BCUT2D eigenvalue weighted by Crippen LogP contribution is 2.18. The zero-order valence-electron chi connectivity index (χ0n) is 8.31. The molecule has 5 heteroatoms. The van der Waals surface area contributed by atoms with Crippen LogP contribution in [-0.2, 0) is 6.54 Å². The summed E-state index contributed by atoms with van der Waals surface area (Å²) in [7, 11) is 0. The highest BCUT2D eigenvalue weighted by molar-refractivity contribution is 6.31.